The average Bonchev–Trinajstić information content (AvgIpc) is 2.16. The van der Waals surface area contributed by atoms with E-state index in [1.54, 1.807) is 7.05 Å². The van der Waals surface area contributed by atoms with Crippen LogP contribution in [-0.2, 0) is 4.79 Å². The van der Waals surface area contributed by atoms with E-state index in [0.29, 0.717) is 5.75 Å². The molecule has 0 saturated heterocycles. The minimum atomic E-state index is 0.0489. The van der Waals surface area contributed by atoms with Crippen LogP contribution in [-0.4, -0.2) is 18.7 Å². The number of H-pyrrole nitrogens is 1. The lowest BCUT2D eigenvalue weighted by Gasteiger charge is -1.97. The first-order valence-electron chi connectivity index (χ1n) is 3.62. The van der Waals surface area contributed by atoms with Crippen molar-refractivity contribution in [2.45, 2.75) is 4.90 Å². The van der Waals surface area contributed by atoms with Crippen molar-refractivity contribution >= 4 is 17.7 Å². The zero-order valence-corrected chi connectivity index (χ0v) is 7.65. The molecular formula is C8H11N2OS+. The van der Waals surface area contributed by atoms with E-state index < -0.39 is 0 Å². The van der Waals surface area contributed by atoms with E-state index in [0.717, 1.165) is 4.90 Å². The van der Waals surface area contributed by atoms with E-state index in [9.17, 15) is 4.79 Å². The van der Waals surface area contributed by atoms with Crippen LogP contribution in [0.4, 0.5) is 0 Å². The summed E-state index contributed by atoms with van der Waals surface area (Å²) in [4.78, 5) is 14.9. The topological polar surface area (TPSA) is 43.2 Å². The van der Waals surface area contributed by atoms with Crippen LogP contribution in [0.5, 0.6) is 0 Å². The summed E-state index contributed by atoms with van der Waals surface area (Å²) in [6, 6.07) is 3.88. The highest BCUT2D eigenvalue weighted by molar-refractivity contribution is 8.00. The van der Waals surface area contributed by atoms with E-state index in [2.05, 4.69) is 10.3 Å². The molecule has 0 atom stereocenters. The second-order valence-corrected chi connectivity index (χ2v) is 3.25. The van der Waals surface area contributed by atoms with Gasteiger partial charge in [-0.15, -0.1) is 11.8 Å². The quantitative estimate of drug-likeness (QED) is 0.687. The third-order valence-corrected chi connectivity index (χ3v) is 2.35. The number of carbonyl (C=O) groups excluding carboxylic acids is 1. The van der Waals surface area contributed by atoms with E-state index >= 15 is 0 Å². The van der Waals surface area contributed by atoms with Crippen LogP contribution in [0.25, 0.3) is 0 Å². The molecule has 4 heteroatoms. The molecule has 0 spiro atoms. The first-order valence-corrected chi connectivity index (χ1v) is 4.61. The Bertz CT molecular complexity index is 250. The molecule has 0 unspecified atom stereocenters. The summed E-state index contributed by atoms with van der Waals surface area (Å²) in [5, 5.41) is 2.57. The van der Waals surface area contributed by atoms with Crippen molar-refractivity contribution in [3.05, 3.63) is 24.5 Å². The van der Waals surface area contributed by atoms with Gasteiger partial charge in [-0.25, -0.2) is 4.98 Å². The Balaban J connectivity index is 2.38. The molecule has 1 aromatic heterocycles. The molecule has 1 amide bonds. The Kier molecular flexibility index (Phi) is 3.60. The van der Waals surface area contributed by atoms with Gasteiger partial charge in [0.15, 0.2) is 12.4 Å². The van der Waals surface area contributed by atoms with Crippen molar-refractivity contribution in [3.63, 3.8) is 0 Å². The van der Waals surface area contributed by atoms with Crippen molar-refractivity contribution in [1.29, 1.82) is 0 Å². The van der Waals surface area contributed by atoms with Gasteiger partial charge >= 0.3 is 0 Å². The zero-order chi connectivity index (χ0) is 8.81. The van der Waals surface area contributed by atoms with Gasteiger partial charge in [0.2, 0.25) is 5.91 Å². The van der Waals surface area contributed by atoms with E-state index in [-0.39, 0.29) is 5.91 Å². The fraction of sp³-hybridized carbons (Fsp3) is 0.250. The van der Waals surface area contributed by atoms with Gasteiger partial charge in [-0.3, -0.25) is 4.79 Å². The minimum absolute atomic E-state index is 0.0489. The Labute approximate surface area is 75.6 Å². The predicted molar refractivity (Wildman–Crippen MR) is 47.8 cm³/mol. The van der Waals surface area contributed by atoms with Crippen molar-refractivity contribution < 1.29 is 9.78 Å². The fourth-order valence-corrected chi connectivity index (χ4v) is 1.46. The Morgan fingerprint density at radius 1 is 1.58 bits per heavy atom. The molecule has 0 saturated carbocycles. The molecular weight excluding hydrogens is 172 g/mol. The highest BCUT2D eigenvalue weighted by atomic mass is 32.2. The number of rotatable bonds is 3. The first-order chi connectivity index (χ1) is 5.83. The van der Waals surface area contributed by atoms with E-state index in [1.165, 1.54) is 11.8 Å². The minimum Gasteiger partial charge on any atom is -0.358 e. The second-order valence-electron chi connectivity index (χ2n) is 2.20. The normalized spacial score (nSPS) is 9.42. The molecule has 1 heterocycles. The lowest BCUT2D eigenvalue weighted by molar-refractivity contribution is -0.378. The standard InChI is InChI=1S/C8H10N2OS/c1-9-8(11)6-12-7-2-4-10-5-3-7/h2-5H,6H2,1H3,(H,9,11)/p+1. The maximum absolute atomic E-state index is 10.8. The molecule has 0 aromatic carbocycles. The Morgan fingerprint density at radius 3 is 2.83 bits per heavy atom. The number of aromatic nitrogens is 1. The summed E-state index contributed by atoms with van der Waals surface area (Å²) >= 11 is 1.52. The largest absolute Gasteiger partial charge is 0.358 e. The van der Waals surface area contributed by atoms with Gasteiger partial charge in [-0.2, -0.15) is 0 Å². The summed E-state index contributed by atoms with van der Waals surface area (Å²) in [5.74, 6) is 0.522. The summed E-state index contributed by atoms with van der Waals surface area (Å²) in [6.45, 7) is 0. The second kappa shape index (κ2) is 4.77. The number of nitrogens with one attached hydrogen (secondary N) is 2. The molecule has 1 rings (SSSR count). The molecule has 1 aromatic rings. The highest BCUT2D eigenvalue weighted by Gasteiger charge is 1.99. The third kappa shape index (κ3) is 2.92. The van der Waals surface area contributed by atoms with Crippen molar-refractivity contribution in [2.75, 3.05) is 12.8 Å². The third-order valence-electron chi connectivity index (χ3n) is 1.34. The molecule has 3 nitrogen and oxygen atoms in total. The van der Waals surface area contributed by atoms with Crippen LogP contribution < -0.4 is 10.3 Å². The molecule has 0 fully saturated rings. The summed E-state index contributed by atoms with van der Waals surface area (Å²) in [7, 11) is 1.64. The summed E-state index contributed by atoms with van der Waals surface area (Å²) in [5.41, 5.74) is 0. The lowest BCUT2D eigenvalue weighted by Crippen LogP contribution is -2.19. The highest BCUT2D eigenvalue weighted by Crippen LogP contribution is 2.14. The lowest BCUT2D eigenvalue weighted by atomic mass is 10.5. The number of aromatic amines is 1. The average molecular weight is 183 g/mol. The van der Waals surface area contributed by atoms with Crippen LogP contribution in [0.1, 0.15) is 0 Å². The van der Waals surface area contributed by atoms with Crippen molar-refractivity contribution in [1.82, 2.24) is 5.32 Å². The van der Waals surface area contributed by atoms with Crippen LogP contribution >= 0.6 is 11.8 Å². The van der Waals surface area contributed by atoms with Crippen LogP contribution in [0.2, 0.25) is 0 Å². The maximum Gasteiger partial charge on any atom is 0.230 e. The van der Waals surface area contributed by atoms with Gasteiger partial charge < -0.3 is 5.32 Å². The molecule has 0 radical (unpaired) electrons. The molecule has 12 heavy (non-hydrogen) atoms. The first kappa shape index (κ1) is 9.06. The molecule has 0 aliphatic heterocycles. The fourth-order valence-electron chi connectivity index (χ4n) is 0.689. The monoisotopic (exact) mass is 183 g/mol. The molecule has 0 aliphatic rings. The van der Waals surface area contributed by atoms with Crippen LogP contribution in [0, 0.1) is 0 Å². The van der Waals surface area contributed by atoms with Gasteiger partial charge in [0.25, 0.3) is 0 Å². The molecule has 2 N–H and O–H groups in total. The SMILES string of the molecule is CNC(=O)CSc1cc[nH+]cc1. The summed E-state index contributed by atoms with van der Waals surface area (Å²) < 4.78 is 0. The van der Waals surface area contributed by atoms with Gasteiger partial charge in [-0.05, 0) is 0 Å². The van der Waals surface area contributed by atoms with Crippen molar-refractivity contribution in [2.24, 2.45) is 0 Å². The number of hydrogen-bond donors (Lipinski definition) is 1. The Morgan fingerprint density at radius 2 is 2.25 bits per heavy atom. The number of carbonyl (C=O) groups is 1. The van der Waals surface area contributed by atoms with E-state index in [4.69, 9.17) is 0 Å². The molecule has 64 valence electrons. The number of amides is 1. The van der Waals surface area contributed by atoms with Gasteiger partial charge in [0, 0.05) is 24.1 Å². The summed E-state index contributed by atoms with van der Waals surface area (Å²) in [6.07, 6.45) is 3.68. The van der Waals surface area contributed by atoms with Gasteiger partial charge in [0.1, 0.15) is 0 Å². The number of pyridine rings is 1. The van der Waals surface area contributed by atoms with Gasteiger partial charge in [0.05, 0.1) is 5.75 Å². The zero-order valence-electron chi connectivity index (χ0n) is 6.83. The van der Waals surface area contributed by atoms with Gasteiger partial charge in [-0.1, -0.05) is 0 Å². The van der Waals surface area contributed by atoms with Crippen LogP contribution in [0.3, 0.4) is 0 Å². The smallest absolute Gasteiger partial charge is 0.230 e. The molecule has 0 bridgehead atoms. The van der Waals surface area contributed by atoms with Crippen molar-refractivity contribution in [3.8, 4) is 0 Å². The van der Waals surface area contributed by atoms with E-state index in [1.807, 2.05) is 24.5 Å². The number of thioether (sulfide) groups is 1. The Hall–Kier alpha value is -1.03. The number of hydrogen-bond acceptors (Lipinski definition) is 2. The predicted octanol–water partition coefficient (Wildman–Crippen LogP) is 0.339. The van der Waals surface area contributed by atoms with Crippen LogP contribution in [0.15, 0.2) is 29.4 Å². The molecule has 0 aliphatic carbocycles. The maximum atomic E-state index is 10.8.